The fourth-order valence-corrected chi connectivity index (χ4v) is 4.74. The van der Waals surface area contributed by atoms with E-state index in [1.807, 2.05) is 17.8 Å². The van der Waals surface area contributed by atoms with Gasteiger partial charge in [-0.25, -0.2) is 23.7 Å². The first-order chi connectivity index (χ1) is 15.9. The minimum Gasteiger partial charge on any atom is -0.443 e. The Labute approximate surface area is 187 Å². The van der Waals surface area contributed by atoms with Gasteiger partial charge in [0.25, 0.3) is 5.92 Å². The number of fused-ring (bicyclic) bond motifs is 2. The molecule has 4 aromatic rings. The average molecular weight is 455 g/mol. The minimum absolute atomic E-state index is 0.112. The summed E-state index contributed by atoms with van der Waals surface area (Å²) in [6.07, 6.45) is 6.08. The SMILES string of the molecule is Cc1c(-c2ncco2)nc(N)n2nc(CCN3CCc4c(cnn4C4CC(F)(F)C4)C3)nc12. The summed E-state index contributed by atoms with van der Waals surface area (Å²) >= 11 is 0. The Balaban J connectivity index is 1.16. The van der Waals surface area contributed by atoms with E-state index in [-0.39, 0.29) is 24.8 Å². The van der Waals surface area contributed by atoms with Crippen molar-refractivity contribution in [3.05, 3.63) is 41.3 Å². The summed E-state index contributed by atoms with van der Waals surface area (Å²) in [5, 5.41) is 8.95. The molecule has 0 atom stereocenters. The zero-order valence-corrected chi connectivity index (χ0v) is 18.1. The second-order valence-corrected chi connectivity index (χ2v) is 8.80. The summed E-state index contributed by atoms with van der Waals surface area (Å²) in [4.78, 5) is 15.5. The second kappa shape index (κ2) is 7.30. The van der Waals surface area contributed by atoms with E-state index in [4.69, 9.17) is 10.2 Å². The Hall–Kier alpha value is -3.41. The van der Waals surface area contributed by atoms with Gasteiger partial charge in [-0.1, -0.05) is 0 Å². The van der Waals surface area contributed by atoms with E-state index in [1.54, 1.807) is 10.7 Å². The van der Waals surface area contributed by atoms with Gasteiger partial charge in [0.05, 0.1) is 18.4 Å². The number of rotatable bonds is 5. The normalized spacial score (nSPS) is 18.5. The molecule has 0 unspecified atom stereocenters. The maximum Gasteiger partial charge on any atom is 0.252 e. The molecule has 2 N–H and O–H groups in total. The Kier molecular flexibility index (Phi) is 4.47. The van der Waals surface area contributed by atoms with Crippen LogP contribution in [0, 0.1) is 6.92 Å². The molecule has 172 valence electrons. The number of nitrogens with two attached hydrogens (primary N) is 1. The summed E-state index contributed by atoms with van der Waals surface area (Å²) in [6, 6.07) is -0.180. The zero-order valence-electron chi connectivity index (χ0n) is 18.1. The topological polar surface area (TPSA) is 116 Å². The van der Waals surface area contributed by atoms with E-state index in [1.165, 1.54) is 6.26 Å². The number of alkyl halides is 2. The molecule has 4 aromatic heterocycles. The van der Waals surface area contributed by atoms with Crippen LogP contribution in [-0.4, -0.2) is 58.3 Å². The van der Waals surface area contributed by atoms with Gasteiger partial charge in [-0.2, -0.15) is 9.61 Å². The third-order valence-electron chi connectivity index (χ3n) is 6.53. The molecule has 0 aromatic carbocycles. The standard InChI is InChI=1S/C21H23F2N9O/c1-12-17(19-25-4-7-33-19)28-20(24)32-18(12)27-16(29-32)3-6-30-5-2-15-13(11-30)10-26-31(15)14-8-21(22,23)9-14/h4,7,10,14H,2-3,5-6,8-9,11H2,1H3,(H2,24,28). The Bertz CT molecular complexity index is 1320. The number of nitrogen functional groups attached to an aromatic ring is 1. The molecule has 2 aliphatic rings. The molecule has 1 aliphatic heterocycles. The van der Waals surface area contributed by atoms with Crippen molar-refractivity contribution in [1.82, 2.24) is 39.2 Å². The van der Waals surface area contributed by atoms with E-state index in [9.17, 15) is 8.78 Å². The molecule has 6 rings (SSSR count). The molecule has 0 radical (unpaired) electrons. The van der Waals surface area contributed by atoms with Crippen LogP contribution in [0.4, 0.5) is 14.7 Å². The van der Waals surface area contributed by atoms with Gasteiger partial charge >= 0.3 is 0 Å². The van der Waals surface area contributed by atoms with Crippen LogP contribution >= 0.6 is 0 Å². The van der Waals surface area contributed by atoms with Crippen molar-refractivity contribution in [2.75, 3.05) is 18.8 Å². The number of hydrogen-bond acceptors (Lipinski definition) is 8. The molecule has 1 fully saturated rings. The maximum atomic E-state index is 13.3. The molecule has 5 heterocycles. The van der Waals surface area contributed by atoms with Crippen LogP contribution in [0.1, 0.15) is 41.5 Å². The maximum absolute atomic E-state index is 13.3. The summed E-state index contributed by atoms with van der Waals surface area (Å²) in [5.74, 6) is -1.26. The van der Waals surface area contributed by atoms with Crippen LogP contribution in [0.25, 0.3) is 17.2 Å². The van der Waals surface area contributed by atoms with Gasteiger partial charge in [0.1, 0.15) is 12.0 Å². The van der Waals surface area contributed by atoms with Gasteiger partial charge in [0.15, 0.2) is 11.5 Å². The quantitative estimate of drug-likeness (QED) is 0.488. The number of oxazole rings is 1. The predicted octanol–water partition coefficient (Wildman–Crippen LogP) is 2.44. The van der Waals surface area contributed by atoms with Gasteiger partial charge in [0, 0.05) is 62.1 Å². The number of aryl methyl sites for hydroxylation is 1. The van der Waals surface area contributed by atoms with E-state index in [2.05, 4.69) is 30.0 Å². The monoisotopic (exact) mass is 455 g/mol. The molecular weight excluding hydrogens is 432 g/mol. The lowest BCUT2D eigenvalue weighted by Gasteiger charge is -2.37. The van der Waals surface area contributed by atoms with Crippen molar-refractivity contribution >= 4 is 11.6 Å². The number of hydrogen-bond donors (Lipinski definition) is 1. The Morgan fingerprint density at radius 3 is 2.88 bits per heavy atom. The van der Waals surface area contributed by atoms with Crippen LogP contribution in [0.5, 0.6) is 0 Å². The highest BCUT2D eigenvalue weighted by Crippen LogP contribution is 2.46. The van der Waals surface area contributed by atoms with Crippen molar-refractivity contribution < 1.29 is 13.2 Å². The first-order valence-electron chi connectivity index (χ1n) is 10.9. The molecule has 33 heavy (non-hydrogen) atoms. The summed E-state index contributed by atoms with van der Waals surface area (Å²) in [7, 11) is 0. The largest absolute Gasteiger partial charge is 0.443 e. The molecular formula is C21H23F2N9O. The number of anilines is 1. The van der Waals surface area contributed by atoms with Gasteiger partial charge in [-0.15, -0.1) is 5.10 Å². The molecule has 10 nitrogen and oxygen atoms in total. The summed E-state index contributed by atoms with van der Waals surface area (Å²) in [5.41, 5.74) is 10.3. The third-order valence-corrected chi connectivity index (χ3v) is 6.53. The van der Waals surface area contributed by atoms with Gasteiger partial charge in [-0.3, -0.25) is 9.58 Å². The van der Waals surface area contributed by atoms with Crippen LogP contribution in [0.15, 0.2) is 23.1 Å². The van der Waals surface area contributed by atoms with E-state index in [0.29, 0.717) is 29.5 Å². The number of halogens is 2. The Morgan fingerprint density at radius 1 is 1.27 bits per heavy atom. The first kappa shape index (κ1) is 20.2. The van der Waals surface area contributed by atoms with Crippen LogP contribution in [0.3, 0.4) is 0 Å². The van der Waals surface area contributed by atoms with Crippen molar-refractivity contribution in [2.45, 2.75) is 51.1 Å². The van der Waals surface area contributed by atoms with E-state index < -0.39 is 5.92 Å². The minimum atomic E-state index is -2.54. The lowest BCUT2D eigenvalue weighted by molar-refractivity contribution is -0.107. The molecule has 0 bridgehead atoms. The molecule has 12 heteroatoms. The highest BCUT2D eigenvalue weighted by molar-refractivity contribution is 5.65. The molecule has 1 saturated carbocycles. The first-order valence-corrected chi connectivity index (χ1v) is 10.9. The van der Waals surface area contributed by atoms with Crippen molar-refractivity contribution in [3.63, 3.8) is 0 Å². The zero-order chi connectivity index (χ0) is 22.7. The van der Waals surface area contributed by atoms with Gasteiger partial charge < -0.3 is 10.2 Å². The van der Waals surface area contributed by atoms with Crippen molar-refractivity contribution in [1.29, 1.82) is 0 Å². The smallest absolute Gasteiger partial charge is 0.252 e. The fraction of sp³-hybridized carbons (Fsp3) is 0.476. The van der Waals surface area contributed by atoms with Gasteiger partial charge in [-0.05, 0) is 6.92 Å². The van der Waals surface area contributed by atoms with E-state index in [0.717, 1.165) is 42.9 Å². The Morgan fingerprint density at radius 2 is 2.12 bits per heavy atom. The lowest BCUT2D eigenvalue weighted by atomic mass is 9.88. The molecule has 0 spiro atoms. The van der Waals surface area contributed by atoms with Crippen LogP contribution < -0.4 is 5.73 Å². The summed E-state index contributed by atoms with van der Waals surface area (Å²) in [6.45, 7) is 4.23. The van der Waals surface area contributed by atoms with Crippen LogP contribution in [-0.2, 0) is 19.4 Å². The molecule has 1 aliphatic carbocycles. The van der Waals surface area contributed by atoms with Crippen LogP contribution in [0.2, 0.25) is 0 Å². The number of aromatic nitrogens is 7. The number of nitrogens with zero attached hydrogens (tertiary/aromatic N) is 8. The predicted molar refractivity (Wildman–Crippen MR) is 114 cm³/mol. The lowest BCUT2D eigenvalue weighted by Crippen LogP contribution is -2.39. The second-order valence-electron chi connectivity index (χ2n) is 8.80. The highest BCUT2D eigenvalue weighted by atomic mass is 19.3. The molecule has 0 saturated heterocycles. The van der Waals surface area contributed by atoms with Gasteiger partial charge in [0.2, 0.25) is 11.8 Å². The average Bonchev–Trinajstić information content (AvgIpc) is 3.52. The van der Waals surface area contributed by atoms with E-state index >= 15 is 0 Å². The van der Waals surface area contributed by atoms with Crippen molar-refractivity contribution in [2.24, 2.45) is 0 Å². The fourth-order valence-electron chi connectivity index (χ4n) is 4.74. The molecule has 0 amide bonds. The third kappa shape index (κ3) is 3.45. The van der Waals surface area contributed by atoms with Crippen molar-refractivity contribution in [3.8, 4) is 11.6 Å². The summed E-state index contributed by atoms with van der Waals surface area (Å²) < 4.78 is 35.3. The highest BCUT2D eigenvalue weighted by Gasteiger charge is 2.47.